The molecule has 0 rings (SSSR count). The van der Waals surface area contributed by atoms with E-state index in [1.165, 1.54) is 77.0 Å². The van der Waals surface area contributed by atoms with Crippen molar-refractivity contribution in [2.45, 2.75) is 113 Å². The van der Waals surface area contributed by atoms with Crippen LogP contribution in [0.5, 0.6) is 0 Å². The second kappa shape index (κ2) is 32.3. The van der Waals surface area contributed by atoms with Crippen molar-refractivity contribution in [3.05, 3.63) is 0 Å². The van der Waals surface area contributed by atoms with Crippen molar-refractivity contribution < 1.29 is 0 Å². The van der Waals surface area contributed by atoms with Gasteiger partial charge in [0.2, 0.25) is 0 Å². The van der Waals surface area contributed by atoms with Crippen molar-refractivity contribution in [1.29, 1.82) is 0 Å². The van der Waals surface area contributed by atoms with E-state index >= 15 is 0 Å². The standard InChI is InChI=1S/2C9H19.3S.2Sn/c2*1-3-5-7-9-8-6-4-2;;;;;/h2*3H,4-9H2,1-2H3;;;;;/q;;3*-2;2*+3. The van der Waals surface area contributed by atoms with Gasteiger partial charge in [0, 0.05) is 0 Å². The zero-order chi connectivity index (χ0) is 15.6. The zero-order valence-electron chi connectivity index (χ0n) is 15.9. The summed E-state index contributed by atoms with van der Waals surface area (Å²) in [6, 6.07) is 0. The van der Waals surface area contributed by atoms with Gasteiger partial charge in [0.1, 0.15) is 0 Å². The van der Waals surface area contributed by atoms with Gasteiger partial charge in [-0.2, -0.15) is 0 Å². The van der Waals surface area contributed by atoms with Crippen LogP contribution in [0.3, 0.4) is 0 Å². The van der Waals surface area contributed by atoms with E-state index in [1.807, 2.05) is 0 Å². The molecule has 0 fully saturated rings. The van der Waals surface area contributed by atoms with E-state index in [4.69, 9.17) is 0 Å². The summed E-state index contributed by atoms with van der Waals surface area (Å²) in [4.78, 5) is 0. The van der Waals surface area contributed by atoms with Crippen molar-refractivity contribution in [3.63, 3.8) is 0 Å². The maximum atomic E-state index is 2.35. The number of hydrogen-bond donors (Lipinski definition) is 0. The van der Waals surface area contributed by atoms with Gasteiger partial charge in [0.15, 0.2) is 0 Å². The first-order chi connectivity index (χ1) is 9.54. The molecule has 0 heterocycles. The van der Waals surface area contributed by atoms with Crippen LogP contribution in [0.2, 0.25) is 7.87 Å². The molecule has 0 bridgehead atoms. The summed E-state index contributed by atoms with van der Waals surface area (Å²) in [6.45, 7) is 9.23. The van der Waals surface area contributed by atoms with Crippen molar-refractivity contribution in [2.75, 3.05) is 0 Å². The second-order valence-corrected chi connectivity index (χ2v) is 11.8. The molecule has 0 aromatic rings. The third-order valence-corrected chi connectivity index (χ3v) is 5.13. The smallest absolute Gasteiger partial charge is 2.00 e. The molecule has 0 N–H and O–H groups in total. The van der Waals surface area contributed by atoms with Crippen LogP contribution in [-0.4, -0.2) is 45.0 Å². The molecule has 0 aliphatic heterocycles. The average molecular weight is 588 g/mol. The average Bonchev–Trinajstić information content (AvgIpc) is 2.38. The Bertz CT molecular complexity index is 150. The quantitative estimate of drug-likeness (QED) is 0.177. The summed E-state index contributed by atoms with van der Waals surface area (Å²) in [5.74, 6) is 0. The molecule has 0 amide bonds. The Balaban J connectivity index is -0.0000000831. The Labute approximate surface area is 196 Å². The fraction of sp³-hybridized carbons (Fsp3) is 1.00. The summed E-state index contributed by atoms with van der Waals surface area (Å²) in [6.07, 6.45) is 17.3. The number of unbranched alkanes of at least 4 members (excludes halogenated alkanes) is 8. The maximum absolute atomic E-state index is 2.35. The predicted molar refractivity (Wildman–Crippen MR) is 119 cm³/mol. The minimum Gasteiger partial charge on any atom is -2.00 e. The van der Waals surface area contributed by atoms with Crippen molar-refractivity contribution >= 4 is 85.5 Å². The molecule has 0 nitrogen and oxygen atoms in total. The molecule has 2 atom stereocenters. The van der Waals surface area contributed by atoms with Crippen LogP contribution in [0.25, 0.3) is 0 Å². The molecule has 5 heteroatoms. The Morgan fingerprint density at radius 3 is 1.00 bits per heavy atom. The Kier molecular flexibility index (Phi) is 51.4. The first-order valence-electron chi connectivity index (χ1n) is 8.96. The van der Waals surface area contributed by atoms with E-state index in [1.54, 1.807) is 45.0 Å². The van der Waals surface area contributed by atoms with Crippen LogP contribution in [0.4, 0.5) is 0 Å². The van der Waals surface area contributed by atoms with Crippen LogP contribution in [0.1, 0.15) is 105 Å². The molecule has 0 radical (unpaired) electrons. The van der Waals surface area contributed by atoms with Gasteiger partial charge in [-0.15, -0.1) is 0 Å². The SMILES string of the molecule is CCCCCCC[CH](C)[Sn+3].CCCCCCC[CH](C)[Sn+3].[S-2].[S-2].[S-2]. The summed E-state index contributed by atoms with van der Waals surface area (Å²) in [5.41, 5.74) is 0. The Morgan fingerprint density at radius 1 is 0.522 bits per heavy atom. The van der Waals surface area contributed by atoms with Gasteiger partial charge in [-0.05, 0) is 0 Å². The molecule has 0 saturated carbocycles. The predicted octanol–water partition coefficient (Wildman–Crippen LogP) is 6.64. The van der Waals surface area contributed by atoms with Gasteiger partial charge < -0.3 is 40.5 Å². The van der Waals surface area contributed by atoms with Gasteiger partial charge in [0.05, 0.1) is 0 Å². The molecule has 23 heavy (non-hydrogen) atoms. The van der Waals surface area contributed by atoms with Crippen molar-refractivity contribution in [2.24, 2.45) is 0 Å². The van der Waals surface area contributed by atoms with E-state index in [0.717, 1.165) is 7.87 Å². The maximum Gasteiger partial charge on any atom is -2.00 e. The number of hydrogen-bond acceptors (Lipinski definition) is 0. The largest absolute Gasteiger partial charge is 2.00 e. The van der Waals surface area contributed by atoms with Gasteiger partial charge in [-0.3, -0.25) is 0 Å². The molecule has 0 aliphatic rings. The molecule has 0 saturated heterocycles. The minimum atomic E-state index is 0. The van der Waals surface area contributed by atoms with Crippen LogP contribution in [0, 0.1) is 0 Å². The van der Waals surface area contributed by atoms with Gasteiger partial charge in [-0.25, -0.2) is 0 Å². The van der Waals surface area contributed by atoms with E-state index in [0.29, 0.717) is 0 Å². The monoisotopic (exact) mass is 590 g/mol. The summed E-state index contributed by atoms with van der Waals surface area (Å²) in [5, 5.41) is 0. The summed E-state index contributed by atoms with van der Waals surface area (Å²) in [7, 11) is 0. The van der Waals surface area contributed by atoms with E-state index in [9.17, 15) is 0 Å². The van der Waals surface area contributed by atoms with Crippen LogP contribution in [-0.2, 0) is 40.5 Å². The molecule has 136 valence electrons. The van der Waals surface area contributed by atoms with Crippen LogP contribution < -0.4 is 0 Å². The third-order valence-electron chi connectivity index (χ3n) is 3.48. The fourth-order valence-corrected chi connectivity index (χ4v) is 3.27. The van der Waals surface area contributed by atoms with Gasteiger partial charge in [0.25, 0.3) is 0 Å². The van der Waals surface area contributed by atoms with E-state index < -0.39 is 0 Å². The van der Waals surface area contributed by atoms with Crippen LogP contribution in [0.15, 0.2) is 0 Å². The third kappa shape index (κ3) is 45.6. The summed E-state index contributed by atoms with van der Waals surface area (Å²) < 4.78 is 1.99. The molecular formula is C18H38S3Sn2. The van der Waals surface area contributed by atoms with Crippen molar-refractivity contribution in [1.82, 2.24) is 0 Å². The molecule has 0 aliphatic carbocycles. The first-order valence-corrected chi connectivity index (χ1v) is 12.3. The summed E-state index contributed by atoms with van der Waals surface area (Å²) >= 11 is 3.42. The zero-order valence-corrected chi connectivity index (χ0v) is 24.0. The van der Waals surface area contributed by atoms with Gasteiger partial charge >= 0.3 is 158 Å². The number of rotatable bonds is 12. The molecule has 0 spiro atoms. The van der Waals surface area contributed by atoms with Crippen molar-refractivity contribution in [3.8, 4) is 0 Å². The first kappa shape index (κ1) is 36.5. The van der Waals surface area contributed by atoms with E-state index in [2.05, 4.69) is 27.7 Å². The second-order valence-electron chi connectivity index (χ2n) is 6.21. The normalized spacial score (nSPS) is 11.8. The fourth-order valence-electron chi connectivity index (χ4n) is 2.11. The molecule has 2 unspecified atom stereocenters. The molecule has 0 aromatic carbocycles. The Morgan fingerprint density at radius 2 is 0.783 bits per heavy atom. The minimum absolute atomic E-state index is 0. The van der Waals surface area contributed by atoms with Gasteiger partial charge in [-0.1, -0.05) is 0 Å². The van der Waals surface area contributed by atoms with E-state index in [-0.39, 0.29) is 40.5 Å². The molecule has 0 aromatic heterocycles. The molecular weight excluding hydrogens is 550 g/mol. The Hall–Kier alpha value is 2.65. The van der Waals surface area contributed by atoms with Crippen LogP contribution >= 0.6 is 0 Å². The topological polar surface area (TPSA) is 0 Å².